The SMILES string of the molecule is C=CCC(NC1CC1)c1ccccc1. The molecule has 0 bridgehead atoms. The third kappa shape index (κ3) is 2.46. The molecule has 0 aromatic heterocycles. The Morgan fingerprint density at radius 1 is 1.36 bits per heavy atom. The highest BCUT2D eigenvalue weighted by molar-refractivity contribution is 5.20. The lowest BCUT2D eigenvalue weighted by Crippen LogP contribution is -2.22. The molecule has 1 aromatic carbocycles. The number of hydrogen-bond donors (Lipinski definition) is 1. The van der Waals surface area contributed by atoms with Crippen molar-refractivity contribution < 1.29 is 0 Å². The highest BCUT2D eigenvalue weighted by atomic mass is 15.0. The molecule has 74 valence electrons. The van der Waals surface area contributed by atoms with Crippen molar-refractivity contribution in [1.29, 1.82) is 0 Å². The lowest BCUT2D eigenvalue weighted by atomic mass is 10.0. The summed E-state index contributed by atoms with van der Waals surface area (Å²) in [5, 5.41) is 3.64. The van der Waals surface area contributed by atoms with Gasteiger partial charge in [0.15, 0.2) is 0 Å². The Morgan fingerprint density at radius 3 is 2.64 bits per heavy atom. The number of rotatable bonds is 5. The Balaban J connectivity index is 2.04. The van der Waals surface area contributed by atoms with Crippen LogP contribution in [0, 0.1) is 0 Å². The molecule has 0 saturated heterocycles. The molecule has 1 aliphatic carbocycles. The van der Waals surface area contributed by atoms with Gasteiger partial charge in [-0.25, -0.2) is 0 Å². The highest BCUT2D eigenvalue weighted by Crippen LogP contribution is 2.25. The lowest BCUT2D eigenvalue weighted by Gasteiger charge is -2.17. The summed E-state index contributed by atoms with van der Waals surface area (Å²) in [6.07, 6.45) is 5.68. The van der Waals surface area contributed by atoms with Gasteiger partial charge in [-0.05, 0) is 24.8 Å². The molecule has 1 nitrogen and oxygen atoms in total. The molecule has 1 saturated carbocycles. The van der Waals surface area contributed by atoms with Crippen molar-refractivity contribution in [2.45, 2.75) is 31.3 Å². The van der Waals surface area contributed by atoms with Gasteiger partial charge < -0.3 is 5.32 Å². The molecule has 1 unspecified atom stereocenters. The normalized spacial score (nSPS) is 17.7. The van der Waals surface area contributed by atoms with Gasteiger partial charge in [0.25, 0.3) is 0 Å². The molecule has 1 aliphatic rings. The maximum atomic E-state index is 3.81. The molecule has 1 N–H and O–H groups in total. The monoisotopic (exact) mass is 187 g/mol. The first-order valence-corrected chi connectivity index (χ1v) is 5.32. The molecule has 1 fully saturated rings. The van der Waals surface area contributed by atoms with Crippen molar-refractivity contribution in [2.24, 2.45) is 0 Å². The van der Waals surface area contributed by atoms with Crippen LogP contribution in [-0.2, 0) is 0 Å². The Labute approximate surface area is 85.8 Å². The molecule has 1 aromatic rings. The van der Waals surface area contributed by atoms with Crippen LogP contribution in [0.5, 0.6) is 0 Å². The molecule has 1 heteroatoms. The van der Waals surface area contributed by atoms with Crippen molar-refractivity contribution >= 4 is 0 Å². The molecule has 0 aliphatic heterocycles. The van der Waals surface area contributed by atoms with Gasteiger partial charge in [0.2, 0.25) is 0 Å². The topological polar surface area (TPSA) is 12.0 Å². The van der Waals surface area contributed by atoms with Gasteiger partial charge in [0, 0.05) is 12.1 Å². The molecular weight excluding hydrogens is 170 g/mol. The van der Waals surface area contributed by atoms with Gasteiger partial charge >= 0.3 is 0 Å². The van der Waals surface area contributed by atoms with Gasteiger partial charge in [-0.2, -0.15) is 0 Å². The summed E-state index contributed by atoms with van der Waals surface area (Å²) in [5.74, 6) is 0. The minimum Gasteiger partial charge on any atom is -0.307 e. The molecule has 0 amide bonds. The van der Waals surface area contributed by atoms with Crippen molar-refractivity contribution in [3.63, 3.8) is 0 Å². The fraction of sp³-hybridized carbons (Fsp3) is 0.385. The van der Waals surface area contributed by atoms with Crippen LogP contribution in [0.2, 0.25) is 0 Å². The van der Waals surface area contributed by atoms with E-state index in [1.165, 1.54) is 18.4 Å². The standard InChI is InChI=1S/C13H17N/c1-2-6-13(14-12-9-10-12)11-7-4-3-5-8-11/h2-5,7-8,12-14H,1,6,9-10H2. The van der Waals surface area contributed by atoms with E-state index in [0.29, 0.717) is 6.04 Å². The highest BCUT2D eigenvalue weighted by Gasteiger charge is 2.24. The summed E-state index contributed by atoms with van der Waals surface area (Å²) >= 11 is 0. The number of hydrogen-bond acceptors (Lipinski definition) is 1. The predicted molar refractivity (Wildman–Crippen MR) is 60.2 cm³/mol. The average molecular weight is 187 g/mol. The van der Waals surface area contributed by atoms with Crippen LogP contribution < -0.4 is 5.32 Å². The van der Waals surface area contributed by atoms with Crippen molar-refractivity contribution in [2.75, 3.05) is 0 Å². The molecule has 0 spiro atoms. The molecular formula is C13H17N. The second-order valence-electron chi connectivity index (χ2n) is 3.93. The van der Waals surface area contributed by atoms with Gasteiger partial charge in [0.1, 0.15) is 0 Å². The maximum absolute atomic E-state index is 3.81. The van der Waals surface area contributed by atoms with E-state index in [1.54, 1.807) is 0 Å². The first-order chi connectivity index (χ1) is 6.90. The minimum absolute atomic E-state index is 0.459. The van der Waals surface area contributed by atoms with Gasteiger partial charge in [-0.15, -0.1) is 6.58 Å². The summed E-state index contributed by atoms with van der Waals surface area (Å²) in [6, 6.07) is 11.8. The first kappa shape index (κ1) is 9.47. The summed E-state index contributed by atoms with van der Waals surface area (Å²) < 4.78 is 0. The average Bonchev–Trinajstić information content (AvgIpc) is 3.03. The molecule has 0 radical (unpaired) electrons. The summed E-state index contributed by atoms with van der Waals surface area (Å²) in [5.41, 5.74) is 1.37. The van der Waals surface area contributed by atoms with E-state index in [1.807, 2.05) is 6.08 Å². The molecule has 0 heterocycles. The zero-order chi connectivity index (χ0) is 9.80. The van der Waals surface area contributed by atoms with E-state index >= 15 is 0 Å². The smallest absolute Gasteiger partial charge is 0.0357 e. The second kappa shape index (κ2) is 4.43. The van der Waals surface area contributed by atoms with E-state index in [9.17, 15) is 0 Å². The summed E-state index contributed by atoms with van der Waals surface area (Å²) in [6.45, 7) is 3.81. The quantitative estimate of drug-likeness (QED) is 0.699. The van der Waals surface area contributed by atoms with E-state index < -0.39 is 0 Å². The fourth-order valence-corrected chi connectivity index (χ4v) is 1.69. The van der Waals surface area contributed by atoms with Crippen LogP contribution in [-0.4, -0.2) is 6.04 Å². The fourth-order valence-electron chi connectivity index (χ4n) is 1.69. The molecule has 14 heavy (non-hydrogen) atoms. The Morgan fingerprint density at radius 2 is 2.07 bits per heavy atom. The Kier molecular flexibility index (Phi) is 3.00. The van der Waals surface area contributed by atoms with Crippen molar-refractivity contribution in [3.05, 3.63) is 48.6 Å². The zero-order valence-electron chi connectivity index (χ0n) is 8.45. The van der Waals surface area contributed by atoms with Crippen LogP contribution >= 0.6 is 0 Å². The van der Waals surface area contributed by atoms with E-state index in [4.69, 9.17) is 0 Å². The van der Waals surface area contributed by atoms with Crippen LogP contribution in [0.3, 0.4) is 0 Å². The largest absolute Gasteiger partial charge is 0.307 e. The van der Waals surface area contributed by atoms with Crippen LogP contribution in [0.25, 0.3) is 0 Å². The Hall–Kier alpha value is -1.08. The van der Waals surface area contributed by atoms with Crippen molar-refractivity contribution in [3.8, 4) is 0 Å². The summed E-state index contributed by atoms with van der Waals surface area (Å²) in [4.78, 5) is 0. The minimum atomic E-state index is 0.459. The maximum Gasteiger partial charge on any atom is 0.0357 e. The van der Waals surface area contributed by atoms with Crippen LogP contribution in [0.1, 0.15) is 30.9 Å². The molecule has 2 rings (SSSR count). The predicted octanol–water partition coefficient (Wildman–Crippen LogP) is 3.06. The van der Waals surface area contributed by atoms with E-state index in [-0.39, 0.29) is 0 Å². The zero-order valence-corrected chi connectivity index (χ0v) is 8.45. The number of benzene rings is 1. The Bertz CT molecular complexity index is 287. The van der Waals surface area contributed by atoms with E-state index in [0.717, 1.165) is 12.5 Å². The lowest BCUT2D eigenvalue weighted by molar-refractivity contribution is 0.536. The van der Waals surface area contributed by atoms with Gasteiger partial charge in [-0.1, -0.05) is 36.4 Å². The third-order valence-electron chi connectivity index (χ3n) is 2.62. The molecule has 1 atom stereocenters. The van der Waals surface area contributed by atoms with Gasteiger partial charge in [-0.3, -0.25) is 0 Å². The number of nitrogens with one attached hydrogen (secondary N) is 1. The first-order valence-electron chi connectivity index (χ1n) is 5.32. The second-order valence-corrected chi connectivity index (χ2v) is 3.93. The van der Waals surface area contributed by atoms with Crippen LogP contribution in [0.4, 0.5) is 0 Å². The van der Waals surface area contributed by atoms with Gasteiger partial charge in [0.05, 0.1) is 0 Å². The van der Waals surface area contributed by atoms with Crippen molar-refractivity contribution in [1.82, 2.24) is 5.32 Å². The van der Waals surface area contributed by atoms with E-state index in [2.05, 4.69) is 42.2 Å². The van der Waals surface area contributed by atoms with Crippen LogP contribution in [0.15, 0.2) is 43.0 Å². The third-order valence-corrected chi connectivity index (χ3v) is 2.62. The summed E-state index contributed by atoms with van der Waals surface area (Å²) in [7, 11) is 0.